The third kappa shape index (κ3) is 4.66. The summed E-state index contributed by atoms with van der Waals surface area (Å²) in [5, 5.41) is 3.34. The van der Waals surface area contributed by atoms with Gasteiger partial charge in [-0.1, -0.05) is 6.07 Å². The summed E-state index contributed by atoms with van der Waals surface area (Å²) in [4.78, 5) is 8.47. The van der Waals surface area contributed by atoms with E-state index in [9.17, 15) is 0 Å². The zero-order valence-electron chi connectivity index (χ0n) is 12.0. The van der Waals surface area contributed by atoms with Gasteiger partial charge in [-0.15, -0.1) is 0 Å². The van der Waals surface area contributed by atoms with Gasteiger partial charge in [-0.2, -0.15) is 0 Å². The second kappa shape index (κ2) is 8.32. The summed E-state index contributed by atoms with van der Waals surface area (Å²) in [7, 11) is 0. The van der Waals surface area contributed by atoms with Gasteiger partial charge < -0.3 is 14.6 Å². The topological polar surface area (TPSA) is 52.0 Å². The maximum absolute atomic E-state index is 5.31. The molecule has 0 saturated heterocycles. The van der Waals surface area contributed by atoms with Crippen molar-refractivity contribution in [3.8, 4) is 0 Å². The summed E-state index contributed by atoms with van der Waals surface area (Å²) >= 11 is 0. The van der Waals surface area contributed by atoms with Gasteiger partial charge in [-0.05, 0) is 31.4 Å². The summed E-state index contributed by atoms with van der Waals surface area (Å²) in [6.07, 6.45) is 9.48. The number of ether oxygens (including phenoxy) is 1. The summed E-state index contributed by atoms with van der Waals surface area (Å²) < 4.78 is 7.45. The Labute approximate surface area is 120 Å². The molecule has 20 heavy (non-hydrogen) atoms. The molecule has 5 heteroatoms. The van der Waals surface area contributed by atoms with Gasteiger partial charge in [0.05, 0.1) is 0 Å². The molecule has 0 aliphatic rings. The molecule has 0 atom stereocenters. The molecule has 2 rings (SSSR count). The number of rotatable bonds is 9. The predicted molar refractivity (Wildman–Crippen MR) is 79.8 cm³/mol. The zero-order valence-corrected chi connectivity index (χ0v) is 12.0. The fourth-order valence-electron chi connectivity index (χ4n) is 1.97. The van der Waals surface area contributed by atoms with Crippen molar-refractivity contribution in [1.82, 2.24) is 14.5 Å². The first-order chi connectivity index (χ1) is 9.90. The van der Waals surface area contributed by atoms with Crippen molar-refractivity contribution in [2.45, 2.75) is 26.3 Å². The van der Waals surface area contributed by atoms with E-state index in [0.717, 1.165) is 45.1 Å². The number of hydrogen-bond donors (Lipinski definition) is 1. The molecule has 1 N–H and O–H groups in total. The largest absolute Gasteiger partial charge is 0.382 e. The summed E-state index contributed by atoms with van der Waals surface area (Å²) in [6.45, 7) is 5.36. The molecule has 2 aromatic rings. The first kappa shape index (κ1) is 14.5. The third-order valence-electron chi connectivity index (χ3n) is 3.03. The van der Waals surface area contributed by atoms with Gasteiger partial charge in [-0.3, -0.25) is 4.98 Å². The van der Waals surface area contributed by atoms with Gasteiger partial charge in [0.2, 0.25) is 5.95 Å². The summed E-state index contributed by atoms with van der Waals surface area (Å²) in [5.41, 5.74) is 1.24. The van der Waals surface area contributed by atoms with E-state index in [1.165, 1.54) is 5.56 Å². The molecule has 108 valence electrons. The van der Waals surface area contributed by atoms with Crippen molar-refractivity contribution in [2.75, 3.05) is 25.1 Å². The summed E-state index contributed by atoms with van der Waals surface area (Å²) in [6, 6.07) is 4.06. The molecule has 0 aliphatic carbocycles. The van der Waals surface area contributed by atoms with Crippen LogP contribution >= 0.6 is 0 Å². The van der Waals surface area contributed by atoms with E-state index >= 15 is 0 Å². The lowest BCUT2D eigenvalue weighted by Gasteiger charge is -2.09. The van der Waals surface area contributed by atoms with Crippen molar-refractivity contribution in [2.24, 2.45) is 0 Å². The molecular formula is C15H22N4O. The highest BCUT2D eigenvalue weighted by atomic mass is 16.5. The third-order valence-corrected chi connectivity index (χ3v) is 3.03. The molecule has 0 aliphatic heterocycles. The van der Waals surface area contributed by atoms with Crippen molar-refractivity contribution in [3.63, 3.8) is 0 Å². The van der Waals surface area contributed by atoms with Gasteiger partial charge >= 0.3 is 0 Å². The minimum atomic E-state index is 0.778. The molecule has 5 nitrogen and oxygen atoms in total. The number of imidazole rings is 1. The predicted octanol–water partition coefficient (Wildman–Crippen LogP) is 2.36. The van der Waals surface area contributed by atoms with Crippen LogP contribution < -0.4 is 5.32 Å². The lowest BCUT2D eigenvalue weighted by atomic mass is 10.2. The highest BCUT2D eigenvalue weighted by Crippen LogP contribution is 2.07. The molecule has 0 spiro atoms. The lowest BCUT2D eigenvalue weighted by molar-refractivity contribution is 0.147. The molecule has 0 amide bonds. The van der Waals surface area contributed by atoms with Gasteiger partial charge in [0.25, 0.3) is 0 Å². The average molecular weight is 274 g/mol. The van der Waals surface area contributed by atoms with E-state index in [0.29, 0.717) is 0 Å². The second-order valence-electron chi connectivity index (χ2n) is 4.53. The number of pyridine rings is 1. The normalized spacial score (nSPS) is 10.7. The minimum Gasteiger partial charge on any atom is -0.382 e. The van der Waals surface area contributed by atoms with E-state index in [-0.39, 0.29) is 0 Å². The minimum absolute atomic E-state index is 0.778. The Morgan fingerprint density at radius 3 is 3.10 bits per heavy atom. The Balaban J connectivity index is 1.76. The molecule has 0 radical (unpaired) electrons. The van der Waals surface area contributed by atoms with Crippen molar-refractivity contribution in [3.05, 3.63) is 42.5 Å². The Morgan fingerprint density at radius 2 is 2.30 bits per heavy atom. The van der Waals surface area contributed by atoms with Crippen molar-refractivity contribution < 1.29 is 4.74 Å². The Bertz CT molecular complexity index is 484. The van der Waals surface area contributed by atoms with E-state index in [2.05, 4.69) is 25.9 Å². The highest BCUT2D eigenvalue weighted by molar-refractivity contribution is 5.25. The van der Waals surface area contributed by atoms with Crippen LogP contribution in [0.15, 0.2) is 36.9 Å². The van der Waals surface area contributed by atoms with Crippen LogP contribution in [-0.4, -0.2) is 34.3 Å². The molecule has 0 saturated carbocycles. The van der Waals surface area contributed by atoms with E-state index in [1.807, 2.05) is 31.6 Å². The highest BCUT2D eigenvalue weighted by Gasteiger charge is 2.02. The molecule has 0 unspecified atom stereocenters. The van der Waals surface area contributed by atoms with Gasteiger partial charge in [0.1, 0.15) is 0 Å². The number of nitrogens with one attached hydrogen (secondary N) is 1. The maximum Gasteiger partial charge on any atom is 0.202 e. The van der Waals surface area contributed by atoms with Crippen LogP contribution in [0.4, 0.5) is 5.95 Å². The summed E-state index contributed by atoms with van der Waals surface area (Å²) in [5.74, 6) is 0.922. The molecule has 0 fully saturated rings. The van der Waals surface area contributed by atoms with Crippen molar-refractivity contribution in [1.29, 1.82) is 0 Å². The Hall–Kier alpha value is -1.88. The van der Waals surface area contributed by atoms with Crippen LogP contribution in [0.3, 0.4) is 0 Å². The fraction of sp³-hybridized carbons (Fsp3) is 0.467. The van der Waals surface area contributed by atoms with Crippen LogP contribution in [0.2, 0.25) is 0 Å². The first-order valence-electron chi connectivity index (χ1n) is 7.12. The van der Waals surface area contributed by atoms with Crippen LogP contribution in [0.5, 0.6) is 0 Å². The molecule has 0 bridgehead atoms. The number of aromatic nitrogens is 3. The van der Waals surface area contributed by atoms with E-state index < -0.39 is 0 Å². The van der Waals surface area contributed by atoms with Gasteiger partial charge in [-0.25, -0.2) is 4.98 Å². The van der Waals surface area contributed by atoms with Crippen LogP contribution in [-0.2, 0) is 17.7 Å². The van der Waals surface area contributed by atoms with Crippen LogP contribution in [0, 0.1) is 0 Å². The number of aryl methyl sites for hydroxylation is 2. The quantitative estimate of drug-likeness (QED) is 0.713. The number of nitrogens with zero attached hydrogens (tertiary/aromatic N) is 3. The van der Waals surface area contributed by atoms with Crippen LogP contribution in [0.1, 0.15) is 18.9 Å². The molecule has 2 heterocycles. The molecule has 0 aromatic carbocycles. The van der Waals surface area contributed by atoms with Crippen molar-refractivity contribution >= 4 is 5.95 Å². The first-order valence-corrected chi connectivity index (χ1v) is 7.12. The van der Waals surface area contributed by atoms with E-state index in [4.69, 9.17) is 4.74 Å². The standard InChI is InChI=1S/C15H22N4O/c1-2-20-12-4-8-17-15-18-9-11-19(15)10-6-14-5-3-7-16-13-14/h3,5,7,9,11,13H,2,4,6,8,10,12H2,1H3,(H,17,18). The van der Waals surface area contributed by atoms with Gasteiger partial charge in [0, 0.05) is 51.1 Å². The smallest absolute Gasteiger partial charge is 0.202 e. The van der Waals surface area contributed by atoms with Crippen LogP contribution in [0.25, 0.3) is 0 Å². The fourth-order valence-corrected chi connectivity index (χ4v) is 1.97. The Kier molecular flexibility index (Phi) is 6.05. The SMILES string of the molecule is CCOCCCNc1nccn1CCc1cccnc1. The van der Waals surface area contributed by atoms with E-state index in [1.54, 1.807) is 6.20 Å². The number of hydrogen-bond acceptors (Lipinski definition) is 4. The monoisotopic (exact) mass is 274 g/mol. The molecular weight excluding hydrogens is 252 g/mol. The molecule has 2 aromatic heterocycles. The second-order valence-corrected chi connectivity index (χ2v) is 4.53. The lowest BCUT2D eigenvalue weighted by Crippen LogP contribution is -2.11. The Morgan fingerprint density at radius 1 is 1.35 bits per heavy atom. The maximum atomic E-state index is 5.31. The zero-order chi connectivity index (χ0) is 14.0. The van der Waals surface area contributed by atoms with Gasteiger partial charge in [0.15, 0.2) is 0 Å². The number of anilines is 1. The average Bonchev–Trinajstić information content (AvgIpc) is 2.93.